The van der Waals surface area contributed by atoms with Crippen molar-refractivity contribution in [2.45, 2.75) is 12.7 Å². The molecule has 1 N–H and O–H groups in total. The van der Waals surface area contributed by atoms with Crippen molar-refractivity contribution in [2.24, 2.45) is 0 Å². The van der Waals surface area contributed by atoms with Crippen LogP contribution in [0.25, 0.3) is 0 Å². The highest BCUT2D eigenvalue weighted by Gasteiger charge is 2.30. The quantitative estimate of drug-likeness (QED) is 0.932. The monoisotopic (exact) mass is 270 g/mol. The number of halogens is 3. The van der Waals surface area contributed by atoms with Gasteiger partial charge in [-0.15, -0.1) is 0 Å². The minimum atomic E-state index is -4.42. The van der Waals surface area contributed by atoms with Crippen LogP contribution in [0.3, 0.4) is 0 Å². The second kappa shape index (κ2) is 4.75. The fourth-order valence-electron chi connectivity index (χ4n) is 1.66. The maximum Gasteiger partial charge on any atom is 0.416 e. The van der Waals surface area contributed by atoms with Crippen LogP contribution in [0, 0.1) is 0 Å². The highest BCUT2D eigenvalue weighted by Crippen LogP contribution is 2.29. The zero-order valence-corrected chi connectivity index (χ0v) is 9.55. The molecule has 1 aromatic heterocycles. The first-order chi connectivity index (χ1) is 8.88. The Morgan fingerprint density at radius 1 is 1.32 bits per heavy atom. The van der Waals surface area contributed by atoms with Gasteiger partial charge in [0, 0.05) is 6.20 Å². The van der Waals surface area contributed by atoms with Crippen LogP contribution in [-0.2, 0) is 12.7 Å². The fraction of sp³-hybridized carbons (Fsp3) is 0.167. The van der Waals surface area contributed by atoms with E-state index in [-0.39, 0.29) is 12.2 Å². The van der Waals surface area contributed by atoms with E-state index in [0.29, 0.717) is 5.56 Å². The van der Waals surface area contributed by atoms with Crippen molar-refractivity contribution in [1.82, 2.24) is 9.78 Å². The molecule has 0 amide bonds. The lowest BCUT2D eigenvalue weighted by atomic mass is 10.1. The van der Waals surface area contributed by atoms with Gasteiger partial charge in [-0.3, -0.25) is 4.68 Å². The lowest BCUT2D eigenvalue weighted by molar-refractivity contribution is -0.137. The zero-order chi connectivity index (χ0) is 14.0. The smallest absolute Gasteiger partial charge is 0.416 e. The number of hydrogen-bond donors (Lipinski definition) is 1. The molecular formula is C12H9F3N2O2. The molecule has 2 aromatic rings. The van der Waals surface area contributed by atoms with Crippen LogP contribution < -0.4 is 0 Å². The van der Waals surface area contributed by atoms with Crippen LogP contribution in [0.4, 0.5) is 13.2 Å². The molecule has 0 fully saturated rings. The molecule has 0 unspecified atom stereocenters. The van der Waals surface area contributed by atoms with Gasteiger partial charge in [0.2, 0.25) is 0 Å². The molecule has 4 nitrogen and oxygen atoms in total. The molecule has 0 aliphatic carbocycles. The first-order valence-electron chi connectivity index (χ1n) is 5.29. The largest absolute Gasteiger partial charge is 0.477 e. The summed E-state index contributed by atoms with van der Waals surface area (Å²) >= 11 is 0. The number of aromatic carboxylic acids is 1. The maximum absolute atomic E-state index is 12.5. The van der Waals surface area contributed by atoms with Crippen molar-refractivity contribution in [3.05, 3.63) is 53.3 Å². The lowest BCUT2D eigenvalue weighted by Crippen LogP contribution is -2.12. The van der Waals surface area contributed by atoms with Crippen LogP contribution >= 0.6 is 0 Å². The summed E-state index contributed by atoms with van der Waals surface area (Å²) in [5.74, 6) is -1.18. The molecule has 2 rings (SSSR count). The van der Waals surface area contributed by atoms with Gasteiger partial charge >= 0.3 is 12.1 Å². The van der Waals surface area contributed by atoms with Crippen molar-refractivity contribution in [3.8, 4) is 0 Å². The number of hydrogen-bond acceptors (Lipinski definition) is 2. The highest BCUT2D eigenvalue weighted by molar-refractivity contribution is 5.85. The molecule has 0 saturated carbocycles. The van der Waals surface area contributed by atoms with Crippen molar-refractivity contribution in [3.63, 3.8) is 0 Å². The summed E-state index contributed by atoms with van der Waals surface area (Å²) < 4.78 is 38.7. The second-order valence-corrected chi connectivity index (χ2v) is 3.88. The van der Waals surface area contributed by atoms with E-state index in [1.54, 1.807) is 0 Å². The molecule has 0 atom stereocenters. The Kier molecular flexibility index (Phi) is 3.28. The SMILES string of the molecule is O=C(O)c1ccnn1Cc1cccc(C(F)(F)F)c1. The molecule has 19 heavy (non-hydrogen) atoms. The lowest BCUT2D eigenvalue weighted by Gasteiger charge is -2.09. The molecule has 100 valence electrons. The molecule has 0 aliphatic heterocycles. The predicted octanol–water partition coefficient (Wildman–Crippen LogP) is 2.65. The Bertz CT molecular complexity index is 605. The average Bonchev–Trinajstić information content (AvgIpc) is 2.76. The van der Waals surface area contributed by atoms with Crippen LogP contribution in [0.1, 0.15) is 21.6 Å². The van der Waals surface area contributed by atoms with E-state index in [9.17, 15) is 18.0 Å². The van der Waals surface area contributed by atoms with Crippen molar-refractivity contribution < 1.29 is 23.1 Å². The van der Waals surface area contributed by atoms with E-state index < -0.39 is 17.7 Å². The Morgan fingerprint density at radius 3 is 2.68 bits per heavy atom. The third kappa shape index (κ3) is 2.93. The molecule has 0 aliphatic rings. The molecule has 1 aromatic carbocycles. The van der Waals surface area contributed by atoms with E-state index in [2.05, 4.69) is 5.10 Å². The first-order valence-corrected chi connectivity index (χ1v) is 5.29. The number of alkyl halides is 3. The topological polar surface area (TPSA) is 55.1 Å². The van der Waals surface area contributed by atoms with E-state index in [1.165, 1.54) is 24.4 Å². The van der Waals surface area contributed by atoms with Gasteiger partial charge in [-0.2, -0.15) is 18.3 Å². The number of carboxylic acid groups (broad SMARTS) is 1. The molecule has 0 saturated heterocycles. The average molecular weight is 270 g/mol. The van der Waals surface area contributed by atoms with Gasteiger partial charge in [0.05, 0.1) is 12.1 Å². The Morgan fingerprint density at radius 2 is 2.05 bits per heavy atom. The molecule has 0 radical (unpaired) electrons. The number of carboxylic acids is 1. The number of aromatic nitrogens is 2. The first kappa shape index (κ1) is 13.1. The summed E-state index contributed by atoms with van der Waals surface area (Å²) in [5, 5.41) is 12.7. The minimum Gasteiger partial charge on any atom is -0.477 e. The maximum atomic E-state index is 12.5. The number of rotatable bonds is 3. The summed E-state index contributed by atoms with van der Waals surface area (Å²) in [5.41, 5.74) is -0.507. The summed E-state index contributed by atoms with van der Waals surface area (Å²) in [6.07, 6.45) is -3.13. The van der Waals surface area contributed by atoms with Crippen molar-refractivity contribution in [2.75, 3.05) is 0 Å². The molecule has 7 heteroatoms. The summed E-state index contributed by atoms with van der Waals surface area (Å²) in [6, 6.07) is 6.00. The van der Waals surface area contributed by atoms with E-state index >= 15 is 0 Å². The number of nitrogens with zero attached hydrogens (tertiary/aromatic N) is 2. The molecular weight excluding hydrogens is 261 g/mol. The van der Waals surface area contributed by atoms with Gasteiger partial charge in [0.15, 0.2) is 0 Å². The summed E-state index contributed by atoms with van der Waals surface area (Å²) in [7, 11) is 0. The summed E-state index contributed by atoms with van der Waals surface area (Å²) in [4.78, 5) is 10.9. The number of carbonyl (C=O) groups is 1. The summed E-state index contributed by atoms with van der Waals surface area (Å²) in [6.45, 7) is -0.0292. The normalized spacial score (nSPS) is 11.5. The highest BCUT2D eigenvalue weighted by atomic mass is 19.4. The van der Waals surface area contributed by atoms with Gasteiger partial charge in [-0.1, -0.05) is 12.1 Å². The second-order valence-electron chi connectivity index (χ2n) is 3.88. The van der Waals surface area contributed by atoms with E-state index in [4.69, 9.17) is 5.11 Å². The fourth-order valence-corrected chi connectivity index (χ4v) is 1.66. The Labute approximate surface area is 106 Å². The van der Waals surface area contributed by atoms with E-state index in [1.807, 2.05) is 0 Å². The Balaban J connectivity index is 2.29. The van der Waals surface area contributed by atoms with Crippen LogP contribution in [0.5, 0.6) is 0 Å². The van der Waals surface area contributed by atoms with E-state index in [0.717, 1.165) is 16.8 Å². The third-order valence-electron chi connectivity index (χ3n) is 2.52. The van der Waals surface area contributed by atoms with Crippen molar-refractivity contribution in [1.29, 1.82) is 0 Å². The van der Waals surface area contributed by atoms with Gasteiger partial charge < -0.3 is 5.11 Å². The van der Waals surface area contributed by atoms with Gasteiger partial charge in [-0.25, -0.2) is 4.79 Å². The van der Waals surface area contributed by atoms with Gasteiger partial charge in [0.25, 0.3) is 0 Å². The standard InChI is InChI=1S/C12H9F3N2O2/c13-12(14,15)9-3-1-2-8(6-9)7-17-10(11(18)19)4-5-16-17/h1-6H,7H2,(H,18,19). The third-order valence-corrected chi connectivity index (χ3v) is 2.52. The van der Waals surface area contributed by atoms with Gasteiger partial charge in [0.1, 0.15) is 5.69 Å². The van der Waals surface area contributed by atoms with Crippen LogP contribution in [0.15, 0.2) is 36.5 Å². The minimum absolute atomic E-state index is 0.0292. The molecule has 0 spiro atoms. The predicted molar refractivity (Wildman–Crippen MR) is 59.7 cm³/mol. The molecule has 1 heterocycles. The molecule has 0 bridgehead atoms. The zero-order valence-electron chi connectivity index (χ0n) is 9.55. The van der Waals surface area contributed by atoms with Crippen LogP contribution in [0.2, 0.25) is 0 Å². The van der Waals surface area contributed by atoms with Gasteiger partial charge in [-0.05, 0) is 23.8 Å². The number of benzene rings is 1. The Hall–Kier alpha value is -2.31. The van der Waals surface area contributed by atoms with Crippen molar-refractivity contribution >= 4 is 5.97 Å². The van der Waals surface area contributed by atoms with Crippen LogP contribution in [-0.4, -0.2) is 20.9 Å².